The zero-order chi connectivity index (χ0) is 22.4. The van der Waals surface area contributed by atoms with Gasteiger partial charge in [-0.05, 0) is 24.3 Å². The molecule has 0 aliphatic carbocycles. The minimum Gasteiger partial charge on any atom is -0.497 e. The largest absolute Gasteiger partial charge is 0.497 e. The van der Waals surface area contributed by atoms with Crippen molar-refractivity contribution in [1.82, 2.24) is 5.43 Å². The van der Waals surface area contributed by atoms with Gasteiger partial charge in [0.2, 0.25) is 10.0 Å². The van der Waals surface area contributed by atoms with Crippen molar-refractivity contribution in [3.63, 3.8) is 0 Å². The maximum atomic E-state index is 12.4. The lowest BCUT2D eigenvalue weighted by atomic mass is 10.2. The molecular weight excluding hydrogens is 426 g/mol. The summed E-state index contributed by atoms with van der Waals surface area (Å²) in [6.07, 6.45) is 2.41. The van der Waals surface area contributed by atoms with E-state index in [1.807, 2.05) is 0 Å². The molecule has 0 radical (unpaired) electrons. The lowest BCUT2D eigenvalue weighted by Gasteiger charge is -2.23. The molecule has 2 aromatic carbocycles. The minimum absolute atomic E-state index is 0.201. The molecule has 0 fully saturated rings. The number of nitrogens with zero attached hydrogens (tertiary/aromatic N) is 2. The number of methoxy groups -OCH3 is 2. The number of anilines is 1. The first-order chi connectivity index (χ1) is 14.8. The van der Waals surface area contributed by atoms with Crippen molar-refractivity contribution in [2.45, 2.75) is 0 Å². The number of rotatable bonds is 8. The van der Waals surface area contributed by atoms with E-state index in [2.05, 4.69) is 10.5 Å². The summed E-state index contributed by atoms with van der Waals surface area (Å²) < 4.78 is 47.1. The molecule has 166 valence electrons. The van der Waals surface area contributed by atoms with Crippen molar-refractivity contribution in [3.05, 3.63) is 42.0 Å². The van der Waals surface area contributed by atoms with Gasteiger partial charge in [0.25, 0.3) is 5.91 Å². The molecule has 0 spiro atoms. The molecule has 1 amide bonds. The first kappa shape index (κ1) is 22.2. The third-order valence-electron chi connectivity index (χ3n) is 4.33. The van der Waals surface area contributed by atoms with Gasteiger partial charge in [-0.25, -0.2) is 13.8 Å². The molecule has 0 saturated carbocycles. The standard InChI is InChI=1S/C20H23N3O7S/c1-27-15-7-8-16(18(11-15)28-2)23(31(3,25)26)13-19(24)22-21-12-14-5-4-6-17-20(14)30-10-9-29-17/h4-8,11-12H,9-10,13H2,1-3H3,(H,22,24)/b21-12-. The van der Waals surface area contributed by atoms with Gasteiger partial charge in [-0.3, -0.25) is 9.10 Å². The van der Waals surface area contributed by atoms with Gasteiger partial charge in [0, 0.05) is 11.6 Å². The van der Waals surface area contributed by atoms with Crippen LogP contribution in [0.1, 0.15) is 5.56 Å². The Balaban J connectivity index is 1.75. The van der Waals surface area contributed by atoms with Gasteiger partial charge in [0.05, 0.1) is 32.4 Å². The molecule has 11 heteroatoms. The van der Waals surface area contributed by atoms with E-state index in [0.717, 1.165) is 10.6 Å². The zero-order valence-corrected chi connectivity index (χ0v) is 18.1. The summed E-state index contributed by atoms with van der Waals surface area (Å²) in [4.78, 5) is 12.4. The highest BCUT2D eigenvalue weighted by atomic mass is 32.2. The summed E-state index contributed by atoms with van der Waals surface area (Å²) in [5.74, 6) is 1.22. The molecule has 1 N–H and O–H groups in total. The number of para-hydroxylation sites is 1. The van der Waals surface area contributed by atoms with Crippen LogP contribution in [0.25, 0.3) is 0 Å². The predicted molar refractivity (Wildman–Crippen MR) is 115 cm³/mol. The van der Waals surface area contributed by atoms with Gasteiger partial charge < -0.3 is 18.9 Å². The molecule has 1 heterocycles. The number of ether oxygens (including phenoxy) is 4. The Labute approximate surface area is 180 Å². The fourth-order valence-electron chi connectivity index (χ4n) is 2.91. The van der Waals surface area contributed by atoms with Crippen molar-refractivity contribution in [2.75, 3.05) is 44.5 Å². The average molecular weight is 449 g/mol. The molecule has 10 nitrogen and oxygen atoms in total. The number of carbonyl (C=O) groups excluding carboxylic acids is 1. The van der Waals surface area contributed by atoms with Crippen LogP contribution in [0, 0.1) is 0 Å². The molecule has 0 saturated heterocycles. The number of carbonyl (C=O) groups is 1. The van der Waals surface area contributed by atoms with E-state index in [1.54, 1.807) is 24.3 Å². The van der Waals surface area contributed by atoms with Gasteiger partial charge in [-0.15, -0.1) is 0 Å². The highest BCUT2D eigenvalue weighted by Gasteiger charge is 2.24. The fraction of sp³-hybridized carbons (Fsp3) is 0.300. The van der Waals surface area contributed by atoms with Crippen LogP contribution < -0.4 is 28.7 Å². The first-order valence-corrected chi connectivity index (χ1v) is 11.1. The molecule has 2 aromatic rings. The van der Waals surface area contributed by atoms with Crippen LogP contribution in [-0.2, 0) is 14.8 Å². The van der Waals surface area contributed by atoms with Crippen molar-refractivity contribution in [3.8, 4) is 23.0 Å². The van der Waals surface area contributed by atoms with Crippen molar-refractivity contribution in [1.29, 1.82) is 0 Å². The topological polar surface area (TPSA) is 116 Å². The molecular formula is C20H23N3O7S. The minimum atomic E-state index is -3.79. The molecule has 31 heavy (non-hydrogen) atoms. The van der Waals surface area contributed by atoms with Crippen LogP contribution in [0.5, 0.6) is 23.0 Å². The van der Waals surface area contributed by atoms with Crippen molar-refractivity contribution < 1.29 is 32.2 Å². The number of nitrogens with one attached hydrogen (secondary N) is 1. The Morgan fingerprint density at radius 1 is 1.19 bits per heavy atom. The monoisotopic (exact) mass is 449 g/mol. The average Bonchev–Trinajstić information content (AvgIpc) is 2.76. The number of hydrogen-bond acceptors (Lipinski definition) is 8. The number of hydrogen-bond donors (Lipinski definition) is 1. The van der Waals surface area contributed by atoms with Crippen LogP contribution in [0.4, 0.5) is 5.69 Å². The van der Waals surface area contributed by atoms with Crippen LogP contribution >= 0.6 is 0 Å². The molecule has 0 atom stereocenters. The predicted octanol–water partition coefficient (Wildman–Crippen LogP) is 1.39. The van der Waals surface area contributed by atoms with E-state index in [9.17, 15) is 13.2 Å². The Kier molecular flexibility index (Phi) is 6.85. The molecule has 3 rings (SSSR count). The number of sulfonamides is 1. The lowest BCUT2D eigenvalue weighted by Crippen LogP contribution is -2.39. The van der Waals surface area contributed by atoms with E-state index >= 15 is 0 Å². The quantitative estimate of drug-likeness (QED) is 0.478. The molecule has 1 aliphatic heterocycles. The van der Waals surface area contributed by atoms with Gasteiger partial charge in [-0.2, -0.15) is 5.10 Å². The third-order valence-corrected chi connectivity index (χ3v) is 5.46. The van der Waals surface area contributed by atoms with E-state index in [-0.39, 0.29) is 11.4 Å². The number of benzene rings is 2. The van der Waals surface area contributed by atoms with E-state index in [0.29, 0.717) is 36.0 Å². The Hall–Kier alpha value is -3.47. The smallest absolute Gasteiger partial charge is 0.260 e. The number of hydrazone groups is 1. The second kappa shape index (κ2) is 9.56. The van der Waals surface area contributed by atoms with E-state index < -0.39 is 22.5 Å². The maximum absolute atomic E-state index is 12.4. The summed E-state index contributed by atoms with van der Waals surface area (Å²) in [5.41, 5.74) is 3.15. The van der Waals surface area contributed by atoms with Gasteiger partial charge in [0.1, 0.15) is 31.3 Å². The summed E-state index contributed by atoms with van der Waals surface area (Å²) in [6, 6.07) is 9.92. The SMILES string of the molecule is COc1ccc(N(CC(=O)N/N=C\c2cccc3c2OCCO3)S(C)(=O)=O)c(OC)c1. The third kappa shape index (κ3) is 5.37. The summed E-state index contributed by atoms with van der Waals surface area (Å²) in [6.45, 7) is 0.378. The molecule has 1 aliphatic rings. The van der Waals surface area contributed by atoms with Crippen LogP contribution in [-0.4, -0.2) is 60.8 Å². The molecule has 0 bridgehead atoms. The second-order valence-electron chi connectivity index (χ2n) is 6.47. The first-order valence-electron chi connectivity index (χ1n) is 9.23. The highest BCUT2D eigenvalue weighted by Crippen LogP contribution is 2.34. The Morgan fingerprint density at radius 2 is 1.97 bits per heavy atom. The Bertz CT molecular complexity index is 1090. The normalized spacial score (nSPS) is 13.0. The van der Waals surface area contributed by atoms with Crippen LogP contribution in [0.3, 0.4) is 0 Å². The van der Waals surface area contributed by atoms with E-state index in [1.165, 1.54) is 32.6 Å². The van der Waals surface area contributed by atoms with Crippen LogP contribution in [0.2, 0.25) is 0 Å². The number of fused-ring (bicyclic) bond motifs is 1. The second-order valence-corrected chi connectivity index (χ2v) is 8.38. The number of amides is 1. The summed E-state index contributed by atoms with van der Waals surface area (Å²) in [7, 11) is -0.912. The van der Waals surface area contributed by atoms with Gasteiger partial charge in [-0.1, -0.05) is 6.07 Å². The van der Waals surface area contributed by atoms with Gasteiger partial charge >= 0.3 is 0 Å². The Morgan fingerprint density at radius 3 is 2.68 bits per heavy atom. The van der Waals surface area contributed by atoms with Crippen molar-refractivity contribution in [2.24, 2.45) is 5.10 Å². The van der Waals surface area contributed by atoms with Crippen LogP contribution in [0.15, 0.2) is 41.5 Å². The molecule has 0 aromatic heterocycles. The lowest BCUT2D eigenvalue weighted by molar-refractivity contribution is -0.119. The highest BCUT2D eigenvalue weighted by molar-refractivity contribution is 7.92. The zero-order valence-electron chi connectivity index (χ0n) is 17.3. The molecule has 0 unspecified atom stereocenters. The van der Waals surface area contributed by atoms with Gasteiger partial charge in [0.15, 0.2) is 11.5 Å². The van der Waals surface area contributed by atoms with E-state index in [4.69, 9.17) is 18.9 Å². The fourth-order valence-corrected chi connectivity index (χ4v) is 3.77. The summed E-state index contributed by atoms with van der Waals surface area (Å²) in [5, 5.41) is 3.92. The summed E-state index contributed by atoms with van der Waals surface area (Å²) >= 11 is 0. The maximum Gasteiger partial charge on any atom is 0.260 e. The van der Waals surface area contributed by atoms with Crippen molar-refractivity contribution >= 4 is 27.8 Å².